The van der Waals surface area contributed by atoms with E-state index in [-0.39, 0.29) is 13.0 Å². The summed E-state index contributed by atoms with van der Waals surface area (Å²) in [6.07, 6.45) is -0.764. The Labute approximate surface area is 139 Å². The molecule has 0 aliphatic carbocycles. The molecule has 7 nitrogen and oxygen atoms in total. The molecule has 0 bridgehead atoms. The van der Waals surface area contributed by atoms with Crippen molar-refractivity contribution in [3.8, 4) is 0 Å². The molecule has 0 unspecified atom stereocenters. The minimum atomic E-state index is -0.826. The molecule has 0 aromatic heterocycles. The van der Waals surface area contributed by atoms with Crippen molar-refractivity contribution >= 4 is 23.4 Å². The van der Waals surface area contributed by atoms with Crippen molar-refractivity contribution in [3.63, 3.8) is 0 Å². The molecule has 0 saturated carbocycles. The van der Waals surface area contributed by atoms with Gasteiger partial charge in [-0.15, -0.1) is 5.48 Å². The lowest BCUT2D eigenvalue weighted by molar-refractivity contribution is -0.149. The molecule has 126 valence electrons. The average Bonchev–Trinajstić information content (AvgIpc) is 2.61. The zero-order chi connectivity index (χ0) is 17.2. The summed E-state index contributed by atoms with van der Waals surface area (Å²) in [4.78, 5) is 27.6. The van der Waals surface area contributed by atoms with Crippen LogP contribution in [0.4, 0.5) is 16.2 Å². The quantitative estimate of drug-likeness (QED) is 0.556. The number of hydroxylamine groups is 1. The third kappa shape index (κ3) is 5.88. The number of nitrogens with two attached hydrogens (primary N) is 1. The normalized spacial score (nSPS) is 9.83. The fourth-order valence-electron chi connectivity index (χ4n) is 1.86. The van der Waals surface area contributed by atoms with Crippen molar-refractivity contribution in [2.75, 3.05) is 17.6 Å². The third-order valence-electron chi connectivity index (χ3n) is 3.07. The largest absolute Gasteiger partial charge is 0.443 e. The van der Waals surface area contributed by atoms with Crippen molar-refractivity contribution in [1.29, 1.82) is 0 Å². The highest BCUT2D eigenvalue weighted by Gasteiger charge is 2.08. The summed E-state index contributed by atoms with van der Waals surface area (Å²) in [6, 6.07) is 16.4. The topological polar surface area (TPSA) is 103 Å². The van der Waals surface area contributed by atoms with Crippen LogP contribution >= 0.6 is 0 Å². The van der Waals surface area contributed by atoms with Gasteiger partial charge in [-0.1, -0.05) is 42.5 Å². The third-order valence-corrected chi connectivity index (χ3v) is 3.07. The average molecular weight is 329 g/mol. The molecular weight excluding hydrogens is 310 g/mol. The van der Waals surface area contributed by atoms with Crippen molar-refractivity contribution in [2.45, 2.75) is 13.0 Å². The summed E-state index contributed by atoms with van der Waals surface area (Å²) in [7, 11) is 0. The Kier molecular flexibility index (Phi) is 6.46. The number of nitrogens with one attached hydrogen (secondary N) is 2. The van der Waals surface area contributed by atoms with Gasteiger partial charge in [0, 0.05) is 6.54 Å². The Morgan fingerprint density at radius 1 is 1.00 bits per heavy atom. The van der Waals surface area contributed by atoms with Gasteiger partial charge in [-0.05, 0) is 17.7 Å². The van der Waals surface area contributed by atoms with Gasteiger partial charge in [-0.2, -0.15) is 0 Å². The zero-order valence-corrected chi connectivity index (χ0v) is 13.0. The van der Waals surface area contributed by atoms with Gasteiger partial charge in [0.1, 0.15) is 6.61 Å². The van der Waals surface area contributed by atoms with Crippen LogP contribution in [0.1, 0.15) is 12.0 Å². The van der Waals surface area contributed by atoms with Crippen LogP contribution in [-0.2, 0) is 21.0 Å². The lowest BCUT2D eigenvalue weighted by Crippen LogP contribution is -2.28. The summed E-state index contributed by atoms with van der Waals surface area (Å²) in [5.74, 6) is -0.589. The van der Waals surface area contributed by atoms with E-state index in [1.54, 1.807) is 12.1 Å². The van der Waals surface area contributed by atoms with Crippen LogP contribution in [0, 0.1) is 0 Å². The highest BCUT2D eigenvalue weighted by atomic mass is 16.7. The molecule has 2 aromatic rings. The predicted molar refractivity (Wildman–Crippen MR) is 89.8 cm³/mol. The molecule has 0 heterocycles. The molecule has 0 saturated heterocycles. The Morgan fingerprint density at radius 3 is 2.46 bits per heavy atom. The zero-order valence-electron chi connectivity index (χ0n) is 13.0. The molecule has 2 rings (SSSR count). The number of anilines is 2. The smallest absolute Gasteiger partial charge is 0.441 e. The van der Waals surface area contributed by atoms with Gasteiger partial charge in [0.2, 0.25) is 0 Å². The second-order valence-electron chi connectivity index (χ2n) is 4.90. The lowest BCUT2D eigenvalue weighted by Gasteiger charge is -2.09. The standard InChI is InChI=1S/C17H19N3O4/c18-14-8-4-5-9-15(14)19-11-10-16(21)24-20-17(22)23-12-13-6-2-1-3-7-13/h1-9,19H,10-12,18H2,(H,20,22). The van der Waals surface area contributed by atoms with Crippen molar-refractivity contribution < 1.29 is 19.2 Å². The molecule has 1 amide bonds. The van der Waals surface area contributed by atoms with Crippen molar-refractivity contribution in [1.82, 2.24) is 5.48 Å². The van der Waals surface area contributed by atoms with Crippen LogP contribution < -0.4 is 16.5 Å². The summed E-state index contributed by atoms with van der Waals surface area (Å²) in [6.45, 7) is 0.423. The van der Waals surface area contributed by atoms with E-state index >= 15 is 0 Å². The molecule has 0 radical (unpaired) electrons. The SMILES string of the molecule is Nc1ccccc1NCCC(=O)ONC(=O)OCc1ccccc1. The second kappa shape index (κ2) is 9.04. The van der Waals surface area contributed by atoms with Crippen LogP contribution in [0.25, 0.3) is 0 Å². The maximum absolute atomic E-state index is 11.5. The highest BCUT2D eigenvalue weighted by Crippen LogP contribution is 2.16. The Morgan fingerprint density at radius 2 is 1.71 bits per heavy atom. The molecule has 0 atom stereocenters. The number of nitrogen functional groups attached to an aromatic ring is 1. The molecule has 0 spiro atoms. The fourth-order valence-corrected chi connectivity index (χ4v) is 1.86. The van der Waals surface area contributed by atoms with Gasteiger partial charge < -0.3 is 20.6 Å². The molecular formula is C17H19N3O4. The van der Waals surface area contributed by atoms with Crippen molar-refractivity contribution in [3.05, 3.63) is 60.2 Å². The van der Waals surface area contributed by atoms with Gasteiger partial charge in [-0.3, -0.25) is 0 Å². The van der Waals surface area contributed by atoms with E-state index in [0.717, 1.165) is 11.3 Å². The van der Waals surface area contributed by atoms with Gasteiger partial charge in [-0.25, -0.2) is 9.59 Å². The maximum Gasteiger partial charge on any atom is 0.441 e. The molecule has 24 heavy (non-hydrogen) atoms. The summed E-state index contributed by atoms with van der Waals surface area (Å²) in [5.41, 5.74) is 9.88. The Bertz CT molecular complexity index is 677. The van der Waals surface area contributed by atoms with E-state index in [1.807, 2.05) is 47.9 Å². The number of benzene rings is 2. The first-order valence-electron chi connectivity index (χ1n) is 7.40. The van der Waals surface area contributed by atoms with E-state index in [2.05, 4.69) is 10.2 Å². The first-order valence-corrected chi connectivity index (χ1v) is 7.40. The minimum absolute atomic E-state index is 0.0628. The number of para-hydroxylation sites is 2. The monoisotopic (exact) mass is 329 g/mol. The van der Waals surface area contributed by atoms with Crippen LogP contribution in [0.3, 0.4) is 0 Å². The Balaban J connectivity index is 1.60. The molecule has 4 N–H and O–H groups in total. The summed E-state index contributed by atoms with van der Waals surface area (Å²) >= 11 is 0. The van der Waals surface area contributed by atoms with E-state index in [9.17, 15) is 9.59 Å². The van der Waals surface area contributed by atoms with E-state index < -0.39 is 12.1 Å². The molecule has 2 aromatic carbocycles. The minimum Gasteiger partial charge on any atom is -0.443 e. The first-order chi connectivity index (χ1) is 11.6. The highest BCUT2D eigenvalue weighted by molar-refractivity contribution is 5.74. The number of ether oxygens (including phenoxy) is 1. The van der Waals surface area contributed by atoms with Crippen LogP contribution in [-0.4, -0.2) is 18.6 Å². The molecule has 0 aliphatic rings. The number of carbonyl (C=O) groups excluding carboxylic acids is 2. The maximum atomic E-state index is 11.5. The molecule has 7 heteroatoms. The number of hydrogen-bond acceptors (Lipinski definition) is 6. The number of hydrogen-bond donors (Lipinski definition) is 3. The van der Waals surface area contributed by atoms with Crippen LogP contribution in [0.5, 0.6) is 0 Å². The number of carbonyl (C=O) groups is 2. The molecule has 0 aliphatic heterocycles. The van der Waals surface area contributed by atoms with Gasteiger partial charge in [0.05, 0.1) is 17.8 Å². The van der Waals surface area contributed by atoms with E-state index in [4.69, 9.17) is 10.5 Å². The fraction of sp³-hybridized carbons (Fsp3) is 0.176. The van der Waals surface area contributed by atoms with Gasteiger partial charge in [0.15, 0.2) is 0 Å². The van der Waals surface area contributed by atoms with Crippen LogP contribution in [0.2, 0.25) is 0 Å². The predicted octanol–water partition coefficient (Wildman–Crippen LogP) is 2.46. The van der Waals surface area contributed by atoms with Crippen LogP contribution in [0.15, 0.2) is 54.6 Å². The lowest BCUT2D eigenvalue weighted by atomic mass is 10.2. The van der Waals surface area contributed by atoms with Crippen molar-refractivity contribution in [2.24, 2.45) is 0 Å². The second-order valence-corrected chi connectivity index (χ2v) is 4.90. The molecule has 0 fully saturated rings. The first kappa shape index (κ1) is 17.1. The summed E-state index contributed by atoms with van der Waals surface area (Å²) in [5, 5.41) is 3.01. The van der Waals surface area contributed by atoms with Gasteiger partial charge >= 0.3 is 12.1 Å². The summed E-state index contributed by atoms with van der Waals surface area (Å²) < 4.78 is 4.91. The van der Waals surface area contributed by atoms with E-state index in [0.29, 0.717) is 12.2 Å². The number of rotatable bonds is 6. The number of amides is 1. The van der Waals surface area contributed by atoms with E-state index in [1.165, 1.54) is 0 Å². The van der Waals surface area contributed by atoms with Gasteiger partial charge in [0.25, 0.3) is 0 Å². The Hall–Kier alpha value is -3.22.